The van der Waals surface area contributed by atoms with Crippen LogP contribution in [0.3, 0.4) is 0 Å². The minimum atomic E-state index is -0.114. The van der Waals surface area contributed by atoms with Crippen LogP contribution in [0.4, 0.5) is 4.39 Å². The molecule has 2 heteroatoms. The van der Waals surface area contributed by atoms with Crippen molar-refractivity contribution in [3.05, 3.63) is 35.1 Å². The summed E-state index contributed by atoms with van der Waals surface area (Å²) in [6, 6.07) is 5.57. The molecule has 0 fully saturated rings. The van der Waals surface area contributed by atoms with Crippen molar-refractivity contribution in [2.45, 2.75) is 39.2 Å². The first-order valence-corrected chi connectivity index (χ1v) is 6.22. The smallest absolute Gasteiger partial charge is 0.123 e. The van der Waals surface area contributed by atoms with Gasteiger partial charge < -0.3 is 5.32 Å². The molecule has 0 aliphatic heterocycles. The molecule has 0 bridgehead atoms. The molecule has 1 aromatic rings. The van der Waals surface area contributed by atoms with Gasteiger partial charge in [0.1, 0.15) is 5.82 Å². The van der Waals surface area contributed by atoms with E-state index in [2.05, 4.69) is 19.2 Å². The second kappa shape index (κ2) is 4.96. The van der Waals surface area contributed by atoms with Crippen LogP contribution in [0.5, 0.6) is 0 Å². The van der Waals surface area contributed by atoms with Crippen molar-refractivity contribution in [1.29, 1.82) is 0 Å². The third kappa shape index (κ3) is 2.43. The molecule has 88 valence electrons. The van der Waals surface area contributed by atoms with E-state index < -0.39 is 0 Å². The number of halogens is 1. The summed E-state index contributed by atoms with van der Waals surface area (Å²) in [5.41, 5.74) is 2.49. The predicted molar refractivity (Wildman–Crippen MR) is 64.9 cm³/mol. The molecule has 1 N–H and O–H groups in total. The first-order valence-electron chi connectivity index (χ1n) is 6.22. The molecule has 0 saturated carbocycles. The van der Waals surface area contributed by atoms with E-state index in [1.165, 1.54) is 11.1 Å². The fourth-order valence-electron chi connectivity index (χ4n) is 2.58. The highest BCUT2D eigenvalue weighted by Gasteiger charge is 2.24. The van der Waals surface area contributed by atoms with Gasteiger partial charge in [0.15, 0.2) is 0 Å². The average Bonchev–Trinajstić information content (AvgIpc) is 2.26. The van der Waals surface area contributed by atoms with Crippen LogP contribution in [-0.4, -0.2) is 6.54 Å². The fraction of sp³-hybridized carbons (Fsp3) is 0.571. The van der Waals surface area contributed by atoms with Crippen molar-refractivity contribution in [2.24, 2.45) is 5.92 Å². The molecular weight excluding hydrogens is 201 g/mol. The number of rotatable bonds is 3. The van der Waals surface area contributed by atoms with Gasteiger partial charge in [0.2, 0.25) is 0 Å². The zero-order valence-corrected chi connectivity index (χ0v) is 10.1. The number of hydrogen-bond acceptors (Lipinski definition) is 1. The summed E-state index contributed by atoms with van der Waals surface area (Å²) in [4.78, 5) is 0. The molecule has 0 saturated heterocycles. The first kappa shape index (κ1) is 11.6. The highest BCUT2D eigenvalue weighted by Crippen LogP contribution is 2.33. The van der Waals surface area contributed by atoms with Gasteiger partial charge in [-0.3, -0.25) is 0 Å². The third-order valence-electron chi connectivity index (χ3n) is 3.33. The van der Waals surface area contributed by atoms with E-state index in [0.717, 1.165) is 25.8 Å². The molecule has 2 unspecified atom stereocenters. The quantitative estimate of drug-likeness (QED) is 0.824. The third-order valence-corrected chi connectivity index (χ3v) is 3.33. The van der Waals surface area contributed by atoms with Crippen LogP contribution in [0.25, 0.3) is 0 Å². The second-order valence-electron chi connectivity index (χ2n) is 4.89. The van der Waals surface area contributed by atoms with Crippen molar-refractivity contribution in [3.8, 4) is 0 Å². The van der Waals surface area contributed by atoms with E-state index in [4.69, 9.17) is 0 Å². The minimum absolute atomic E-state index is 0.114. The Morgan fingerprint density at radius 1 is 1.44 bits per heavy atom. The standard InChI is InChI=1S/C14H20FN/c1-3-6-16-14-8-10(2)7-11-4-5-12(15)9-13(11)14/h4-5,9-10,14,16H,3,6-8H2,1-2H3. The lowest BCUT2D eigenvalue weighted by atomic mass is 9.81. The normalized spacial score (nSPS) is 24.2. The highest BCUT2D eigenvalue weighted by atomic mass is 19.1. The van der Waals surface area contributed by atoms with E-state index >= 15 is 0 Å². The molecule has 0 aromatic heterocycles. The van der Waals surface area contributed by atoms with Crippen molar-refractivity contribution in [3.63, 3.8) is 0 Å². The largest absolute Gasteiger partial charge is 0.310 e. The van der Waals surface area contributed by atoms with Crippen molar-refractivity contribution in [2.75, 3.05) is 6.54 Å². The van der Waals surface area contributed by atoms with Gasteiger partial charge in [-0.05, 0) is 55.0 Å². The first-order chi connectivity index (χ1) is 7.70. The Bertz CT molecular complexity index is 362. The molecule has 2 rings (SSSR count). The molecule has 1 aliphatic rings. The van der Waals surface area contributed by atoms with Gasteiger partial charge in [0.25, 0.3) is 0 Å². The summed E-state index contributed by atoms with van der Waals surface area (Å²) < 4.78 is 13.3. The molecule has 1 nitrogen and oxygen atoms in total. The van der Waals surface area contributed by atoms with Crippen LogP contribution < -0.4 is 5.32 Å². The SMILES string of the molecule is CCCNC1CC(C)Cc2ccc(F)cc21. The van der Waals surface area contributed by atoms with Crippen LogP contribution in [0.15, 0.2) is 18.2 Å². The van der Waals surface area contributed by atoms with E-state index in [9.17, 15) is 4.39 Å². The van der Waals surface area contributed by atoms with Crippen LogP contribution >= 0.6 is 0 Å². The van der Waals surface area contributed by atoms with E-state index in [1.54, 1.807) is 12.1 Å². The minimum Gasteiger partial charge on any atom is -0.310 e. The van der Waals surface area contributed by atoms with E-state index in [-0.39, 0.29) is 5.82 Å². The number of benzene rings is 1. The Kier molecular flexibility index (Phi) is 3.59. The lowest BCUT2D eigenvalue weighted by Gasteiger charge is -2.30. The Morgan fingerprint density at radius 2 is 2.25 bits per heavy atom. The van der Waals surface area contributed by atoms with E-state index in [1.807, 2.05) is 6.07 Å². The van der Waals surface area contributed by atoms with Gasteiger partial charge in [-0.15, -0.1) is 0 Å². The van der Waals surface area contributed by atoms with Gasteiger partial charge in [-0.1, -0.05) is 19.9 Å². The van der Waals surface area contributed by atoms with Crippen LogP contribution in [-0.2, 0) is 6.42 Å². The van der Waals surface area contributed by atoms with Crippen LogP contribution in [0.1, 0.15) is 43.9 Å². The van der Waals surface area contributed by atoms with Crippen molar-refractivity contribution in [1.82, 2.24) is 5.32 Å². The predicted octanol–water partition coefficient (Wildman–Crippen LogP) is 3.45. The second-order valence-corrected chi connectivity index (χ2v) is 4.89. The van der Waals surface area contributed by atoms with Crippen LogP contribution in [0, 0.1) is 11.7 Å². The monoisotopic (exact) mass is 221 g/mol. The van der Waals surface area contributed by atoms with Gasteiger partial charge in [-0.25, -0.2) is 4.39 Å². The van der Waals surface area contributed by atoms with Crippen molar-refractivity contribution < 1.29 is 4.39 Å². The molecule has 0 radical (unpaired) electrons. The zero-order chi connectivity index (χ0) is 11.5. The molecular formula is C14H20FN. The Labute approximate surface area is 97.1 Å². The summed E-state index contributed by atoms with van der Waals surface area (Å²) in [7, 11) is 0. The molecule has 2 atom stereocenters. The maximum atomic E-state index is 13.3. The topological polar surface area (TPSA) is 12.0 Å². The Morgan fingerprint density at radius 3 is 3.00 bits per heavy atom. The van der Waals surface area contributed by atoms with Gasteiger partial charge >= 0.3 is 0 Å². The van der Waals surface area contributed by atoms with Crippen LogP contribution in [0.2, 0.25) is 0 Å². The molecule has 16 heavy (non-hydrogen) atoms. The summed E-state index contributed by atoms with van der Waals surface area (Å²) in [5, 5.41) is 3.52. The number of nitrogens with one attached hydrogen (secondary N) is 1. The van der Waals surface area contributed by atoms with Gasteiger partial charge in [0, 0.05) is 6.04 Å². The summed E-state index contributed by atoms with van der Waals surface area (Å²) in [5.74, 6) is 0.573. The molecule has 0 heterocycles. The highest BCUT2D eigenvalue weighted by molar-refractivity contribution is 5.33. The summed E-state index contributed by atoms with van der Waals surface area (Å²) >= 11 is 0. The lowest BCUT2D eigenvalue weighted by molar-refractivity contribution is 0.379. The van der Waals surface area contributed by atoms with Gasteiger partial charge in [0.05, 0.1) is 0 Å². The van der Waals surface area contributed by atoms with Crippen molar-refractivity contribution >= 4 is 0 Å². The zero-order valence-electron chi connectivity index (χ0n) is 10.1. The fourth-order valence-corrected chi connectivity index (χ4v) is 2.58. The molecule has 1 aliphatic carbocycles. The lowest BCUT2D eigenvalue weighted by Crippen LogP contribution is -2.29. The summed E-state index contributed by atoms with van der Waals surface area (Å²) in [6.07, 6.45) is 3.33. The number of hydrogen-bond donors (Lipinski definition) is 1. The molecule has 0 spiro atoms. The average molecular weight is 221 g/mol. The maximum Gasteiger partial charge on any atom is 0.123 e. The Balaban J connectivity index is 2.24. The Hall–Kier alpha value is -0.890. The molecule has 1 aromatic carbocycles. The number of fused-ring (bicyclic) bond motifs is 1. The van der Waals surface area contributed by atoms with Gasteiger partial charge in [-0.2, -0.15) is 0 Å². The maximum absolute atomic E-state index is 13.3. The summed E-state index contributed by atoms with van der Waals surface area (Å²) in [6.45, 7) is 5.44. The van der Waals surface area contributed by atoms with E-state index in [0.29, 0.717) is 12.0 Å². The molecule has 0 amide bonds.